The van der Waals surface area contributed by atoms with E-state index in [1.165, 1.54) is 6.07 Å². The summed E-state index contributed by atoms with van der Waals surface area (Å²) in [4.78, 5) is 18.7. The minimum Gasteiger partial charge on any atom is -0.497 e. The van der Waals surface area contributed by atoms with Crippen molar-refractivity contribution >= 4 is 0 Å². The number of hydrogen-bond acceptors (Lipinski definition) is 4. The lowest BCUT2D eigenvalue weighted by molar-refractivity contribution is 0.414. The first kappa shape index (κ1) is 13.3. The van der Waals surface area contributed by atoms with Gasteiger partial charge in [0.2, 0.25) is 0 Å². The maximum atomic E-state index is 11.5. The Morgan fingerprint density at radius 2 is 2.05 bits per heavy atom. The average Bonchev–Trinajstić information content (AvgIpc) is 2.39. The van der Waals surface area contributed by atoms with Gasteiger partial charge in [0, 0.05) is 19.0 Å². The number of benzene rings is 1. The topological polar surface area (TPSA) is 67.0 Å². The SMILES string of the molecule is CNCc1cc(=O)[nH]c(Cc2ccc(OC)cc2)n1. The monoisotopic (exact) mass is 259 g/mol. The van der Waals surface area contributed by atoms with Crippen LogP contribution >= 0.6 is 0 Å². The van der Waals surface area contributed by atoms with Gasteiger partial charge in [-0.1, -0.05) is 12.1 Å². The number of nitrogens with zero attached hydrogens (tertiary/aromatic N) is 1. The van der Waals surface area contributed by atoms with E-state index in [-0.39, 0.29) is 5.56 Å². The maximum Gasteiger partial charge on any atom is 0.251 e. The van der Waals surface area contributed by atoms with Crippen molar-refractivity contribution in [2.75, 3.05) is 14.2 Å². The molecule has 0 fully saturated rings. The van der Waals surface area contributed by atoms with Gasteiger partial charge in [0.25, 0.3) is 5.56 Å². The Morgan fingerprint density at radius 1 is 1.32 bits per heavy atom. The maximum absolute atomic E-state index is 11.5. The molecule has 19 heavy (non-hydrogen) atoms. The van der Waals surface area contributed by atoms with E-state index < -0.39 is 0 Å². The fourth-order valence-corrected chi connectivity index (χ4v) is 1.86. The normalized spacial score (nSPS) is 10.4. The third-order valence-electron chi connectivity index (χ3n) is 2.73. The van der Waals surface area contributed by atoms with Crippen LogP contribution in [0.5, 0.6) is 5.75 Å². The van der Waals surface area contributed by atoms with Crippen LogP contribution in [0.25, 0.3) is 0 Å². The molecule has 0 radical (unpaired) electrons. The van der Waals surface area contributed by atoms with Crippen LogP contribution in [0.15, 0.2) is 35.1 Å². The predicted molar refractivity (Wildman–Crippen MR) is 73.4 cm³/mol. The van der Waals surface area contributed by atoms with E-state index in [0.29, 0.717) is 18.8 Å². The molecule has 1 aromatic carbocycles. The Balaban J connectivity index is 2.19. The van der Waals surface area contributed by atoms with E-state index in [4.69, 9.17) is 4.74 Å². The van der Waals surface area contributed by atoms with Crippen LogP contribution < -0.4 is 15.6 Å². The van der Waals surface area contributed by atoms with Crippen LogP contribution in [-0.4, -0.2) is 24.1 Å². The highest BCUT2D eigenvalue weighted by molar-refractivity contribution is 5.28. The van der Waals surface area contributed by atoms with Crippen molar-refractivity contribution in [2.24, 2.45) is 0 Å². The predicted octanol–water partition coefficient (Wildman–Crippen LogP) is 1.09. The summed E-state index contributed by atoms with van der Waals surface area (Å²) in [6.07, 6.45) is 0.594. The smallest absolute Gasteiger partial charge is 0.251 e. The van der Waals surface area contributed by atoms with E-state index >= 15 is 0 Å². The largest absolute Gasteiger partial charge is 0.497 e. The molecule has 0 atom stereocenters. The number of ether oxygens (including phenoxy) is 1. The molecular formula is C14H17N3O2. The first-order valence-electron chi connectivity index (χ1n) is 6.08. The Bertz CT molecular complexity index is 590. The van der Waals surface area contributed by atoms with Crippen LogP contribution in [0.1, 0.15) is 17.1 Å². The molecule has 0 aliphatic carbocycles. The molecule has 0 aliphatic rings. The number of H-pyrrole nitrogens is 1. The van der Waals surface area contributed by atoms with Crippen LogP contribution in [0.2, 0.25) is 0 Å². The number of aromatic amines is 1. The highest BCUT2D eigenvalue weighted by Crippen LogP contribution is 2.13. The summed E-state index contributed by atoms with van der Waals surface area (Å²) in [5, 5.41) is 2.99. The second-order valence-electron chi connectivity index (χ2n) is 4.24. The number of rotatable bonds is 5. The van der Waals surface area contributed by atoms with Gasteiger partial charge in [0.1, 0.15) is 11.6 Å². The minimum atomic E-state index is -0.122. The third kappa shape index (κ3) is 3.66. The third-order valence-corrected chi connectivity index (χ3v) is 2.73. The van der Waals surface area contributed by atoms with E-state index in [0.717, 1.165) is 17.0 Å². The molecule has 0 aliphatic heterocycles. The molecule has 0 saturated carbocycles. The van der Waals surface area contributed by atoms with E-state index in [1.807, 2.05) is 31.3 Å². The van der Waals surface area contributed by atoms with Crippen molar-refractivity contribution in [1.29, 1.82) is 0 Å². The van der Waals surface area contributed by atoms with Crippen molar-refractivity contribution in [2.45, 2.75) is 13.0 Å². The van der Waals surface area contributed by atoms with Gasteiger partial charge < -0.3 is 15.0 Å². The van der Waals surface area contributed by atoms with Gasteiger partial charge in [-0.2, -0.15) is 0 Å². The van der Waals surface area contributed by atoms with Crippen LogP contribution in [0, 0.1) is 0 Å². The van der Waals surface area contributed by atoms with Crippen LogP contribution in [0.3, 0.4) is 0 Å². The van der Waals surface area contributed by atoms with Gasteiger partial charge in [-0.15, -0.1) is 0 Å². The van der Waals surface area contributed by atoms with Crippen molar-refractivity contribution in [1.82, 2.24) is 15.3 Å². The molecule has 2 aromatic rings. The van der Waals surface area contributed by atoms with Gasteiger partial charge in [-0.05, 0) is 24.7 Å². The van der Waals surface area contributed by atoms with Crippen LogP contribution in [0.4, 0.5) is 0 Å². The summed E-state index contributed by atoms with van der Waals surface area (Å²) in [5.74, 6) is 1.48. The molecule has 0 spiro atoms. The fraction of sp³-hybridized carbons (Fsp3) is 0.286. The molecule has 0 amide bonds. The lowest BCUT2D eigenvalue weighted by Crippen LogP contribution is -2.16. The molecule has 1 heterocycles. The molecule has 2 rings (SSSR count). The molecule has 5 nitrogen and oxygen atoms in total. The molecule has 0 bridgehead atoms. The molecule has 2 N–H and O–H groups in total. The minimum absolute atomic E-state index is 0.122. The summed E-state index contributed by atoms with van der Waals surface area (Å²) in [6, 6.07) is 9.22. The van der Waals surface area contributed by atoms with Gasteiger partial charge in [0.15, 0.2) is 0 Å². The van der Waals surface area contributed by atoms with Crippen molar-refractivity contribution in [3.63, 3.8) is 0 Å². The average molecular weight is 259 g/mol. The molecule has 100 valence electrons. The van der Waals surface area contributed by atoms with Gasteiger partial charge >= 0.3 is 0 Å². The van der Waals surface area contributed by atoms with E-state index in [9.17, 15) is 4.79 Å². The zero-order chi connectivity index (χ0) is 13.7. The van der Waals surface area contributed by atoms with Gasteiger partial charge in [-0.3, -0.25) is 4.79 Å². The summed E-state index contributed by atoms with van der Waals surface area (Å²) in [6.45, 7) is 0.583. The van der Waals surface area contributed by atoms with Gasteiger partial charge in [0.05, 0.1) is 12.8 Å². The lowest BCUT2D eigenvalue weighted by atomic mass is 10.1. The Hall–Kier alpha value is -2.14. The summed E-state index contributed by atoms with van der Waals surface area (Å²) in [7, 11) is 3.46. The second kappa shape index (κ2) is 6.15. The summed E-state index contributed by atoms with van der Waals surface area (Å²) >= 11 is 0. The number of methoxy groups -OCH3 is 1. The van der Waals surface area contributed by atoms with Crippen LogP contribution in [-0.2, 0) is 13.0 Å². The summed E-state index contributed by atoms with van der Waals surface area (Å²) in [5.41, 5.74) is 1.70. The zero-order valence-corrected chi connectivity index (χ0v) is 11.1. The first-order valence-corrected chi connectivity index (χ1v) is 6.08. The Labute approximate surface area is 111 Å². The number of aromatic nitrogens is 2. The number of nitrogens with one attached hydrogen (secondary N) is 2. The summed E-state index contributed by atoms with van der Waals surface area (Å²) < 4.78 is 5.11. The molecule has 5 heteroatoms. The highest BCUT2D eigenvalue weighted by atomic mass is 16.5. The number of hydrogen-bond donors (Lipinski definition) is 2. The highest BCUT2D eigenvalue weighted by Gasteiger charge is 2.03. The van der Waals surface area contributed by atoms with E-state index in [2.05, 4.69) is 15.3 Å². The molecule has 1 aromatic heterocycles. The van der Waals surface area contributed by atoms with Crippen molar-refractivity contribution in [3.8, 4) is 5.75 Å². The fourth-order valence-electron chi connectivity index (χ4n) is 1.86. The van der Waals surface area contributed by atoms with E-state index in [1.54, 1.807) is 7.11 Å². The zero-order valence-electron chi connectivity index (χ0n) is 11.1. The molecule has 0 unspecified atom stereocenters. The Morgan fingerprint density at radius 3 is 2.68 bits per heavy atom. The van der Waals surface area contributed by atoms with Crippen molar-refractivity contribution < 1.29 is 4.74 Å². The quantitative estimate of drug-likeness (QED) is 0.843. The molecular weight excluding hydrogens is 242 g/mol. The standard InChI is InChI=1S/C14H17N3O2/c1-15-9-11-8-14(18)17-13(16-11)7-10-3-5-12(19-2)6-4-10/h3-6,8,15H,7,9H2,1-2H3,(H,16,17,18). The first-order chi connectivity index (χ1) is 9.21. The van der Waals surface area contributed by atoms with Gasteiger partial charge in [-0.25, -0.2) is 4.98 Å². The Kier molecular flexibility index (Phi) is 4.30. The molecule has 0 saturated heterocycles. The lowest BCUT2D eigenvalue weighted by Gasteiger charge is -2.05. The second-order valence-corrected chi connectivity index (χ2v) is 4.24. The van der Waals surface area contributed by atoms with Crippen molar-refractivity contribution in [3.05, 3.63) is 57.8 Å².